The van der Waals surface area contributed by atoms with Crippen LogP contribution in [0.3, 0.4) is 0 Å². The van der Waals surface area contributed by atoms with Crippen molar-refractivity contribution in [2.75, 3.05) is 23.4 Å². The van der Waals surface area contributed by atoms with Crippen molar-refractivity contribution in [3.05, 3.63) is 72.0 Å². The van der Waals surface area contributed by atoms with Crippen molar-refractivity contribution in [3.63, 3.8) is 0 Å². The molecule has 4 rings (SSSR count). The molecule has 1 aromatic heterocycles. The Morgan fingerprint density at radius 1 is 1.16 bits per heavy atom. The molecule has 1 aliphatic heterocycles. The first-order valence-electron chi connectivity index (χ1n) is 9.52. The van der Waals surface area contributed by atoms with Gasteiger partial charge >= 0.3 is 5.97 Å². The van der Waals surface area contributed by atoms with Gasteiger partial charge < -0.3 is 19.3 Å². The Labute approximate surface area is 177 Å². The third kappa shape index (κ3) is 4.55. The van der Waals surface area contributed by atoms with Gasteiger partial charge in [0, 0.05) is 11.6 Å². The quantitative estimate of drug-likeness (QED) is 0.609. The Bertz CT molecular complexity index is 1110. The van der Waals surface area contributed by atoms with Crippen LogP contribution in [0.4, 0.5) is 11.5 Å². The second-order valence-corrected chi connectivity index (χ2v) is 6.83. The maximum atomic E-state index is 12.8. The molecule has 3 aromatic rings. The third-order valence-electron chi connectivity index (χ3n) is 4.56. The molecule has 0 saturated carbocycles. The predicted molar refractivity (Wildman–Crippen MR) is 109 cm³/mol. The fourth-order valence-corrected chi connectivity index (χ4v) is 3.14. The average molecular weight is 421 g/mol. The van der Waals surface area contributed by atoms with Gasteiger partial charge in [-0.25, -0.2) is 0 Å². The van der Waals surface area contributed by atoms with E-state index in [0.29, 0.717) is 22.8 Å². The maximum absolute atomic E-state index is 12.8. The van der Waals surface area contributed by atoms with Gasteiger partial charge in [-0.1, -0.05) is 47.6 Å². The van der Waals surface area contributed by atoms with E-state index >= 15 is 0 Å². The number of hydrogen-bond acceptors (Lipinski definition) is 7. The zero-order valence-electron chi connectivity index (χ0n) is 16.6. The molecule has 1 aliphatic rings. The third-order valence-corrected chi connectivity index (χ3v) is 4.56. The van der Waals surface area contributed by atoms with Crippen molar-refractivity contribution in [2.24, 2.45) is 0 Å². The molecule has 158 valence electrons. The standard InChI is InChI=1S/C22H19N3O6/c1-14-11-18(24-31-14)23-22(28)21(15-7-3-2-4-8-15)30-20(27)12-25-16-9-5-6-10-17(16)29-13-19(25)26/h2-11,21H,12-13H2,1H3,(H,23,24,28). The van der Waals surface area contributed by atoms with E-state index in [4.69, 9.17) is 14.0 Å². The Morgan fingerprint density at radius 2 is 1.90 bits per heavy atom. The second-order valence-electron chi connectivity index (χ2n) is 6.83. The molecule has 0 spiro atoms. The number of ether oxygens (including phenoxy) is 2. The summed E-state index contributed by atoms with van der Waals surface area (Å²) >= 11 is 0. The molecule has 1 unspecified atom stereocenters. The number of benzene rings is 2. The predicted octanol–water partition coefficient (Wildman–Crippen LogP) is 2.63. The van der Waals surface area contributed by atoms with E-state index in [-0.39, 0.29) is 24.9 Å². The Morgan fingerprint density at radius 3 is 2.65 bits per heavy atom. The van der Waals surface area contributed by atoms with E-state index in [1.807, 2.05) is 0 Å². The number of aryl methyl sites for hydroxylation is 1. The summed E-state index contributed by atoms with van der Waals surface area (Å²) < 4.78 is 15.8. The number of aromatic nitrogens is 1. The molecular weight excluding hydrogens is 402 g/mol. The van der Waals surface area contributed by atoms with Crippen LogP contribution in [0, 0.1) is 6.92 Å². The summed E-state index contributed by atoms with van der Waals surface area (Å²) in [5, 5.41) is 6.30. The minimum atomic E-state index is -1.24. The molecule has 2 heterocycles. The summed E-state index contributed by atoms with van der Waals surface area (Å²) in [6.45, 7) is 1.14. The lowest BCUT2D eigenvalue weighted by molar-refractivity contribution is -0.153. The van der Waals surface area contributed by atoms with Crippen LogP contribution < -0.4 is 15.0 Å². The van der Waals surface area contributed by atoms with E-state index in [2.05, 4.69) is 10.5 Å². The minimum Gasteiger partial charge on any atom is -0.482 e. The Balaban J connectivity index is 1.52. The number of nitrogens with one attached hydrogen (secondary N) is 1. The van der Waals surface area contributed by atoms with Gasteiger partial charge in [-0.05, 0) is 19.1 Å². The molecule has 0 saturated heterocycles. The molecule has 2 aromatic carbocycles. The summed E-state index contributed by atoms with van der Waals surface area (Å²) in [6, 6.07) is 17.0. The number of nitrogens with zero attached hydrogens (tertiary/aromatic N) is 2. The molecular formula is C22H19N3O6. The number of fused-ring (bicyclic) bond motifs is 1. The number of carbonyl (C=O) groups is 3. The van der Waals surface area contributed by atoms with Gasteiger partial charge in [-0.2, -0.15) is 0 Å². The average Bonchev–Trinajstić information content (AvgIpc) is 3.19. The molecule has 1 atom stereocenters. The van der Waals surface area contributed by atoms with Crippen LogP contribution >= 0.6 is 0 Å². The van der Waals surface area contributed by atoms with Crippen molar-refractivity contribution < 1.29 is 28.4 Å². The van der Waals surface area contributed by atoms with Crippen LogP contribution in [0.15, 0.2) is 65.2 Å². The van der Waals surface area contributed by atoms with E-state index in [9.17, 15) is 14.4 Å². The van der Waals surface area contributed by atoms with Gasteiger partial charge in [0.15, 0.2) is 12.4 Å². The highest BCUT2D eigenvalue weighted by molar-refractivity contribution is 6.02. The van der Waals surface area contributed by atoms with Gasteiger partial charge in [0.1, 0.15) is 18.1 Å². The summed E-state index contributed by atoms with van der Waals surface area (Å²) in [4.78, 5) is 39.2. The van der Waals surface area contributed by atoms with E-state index in [1.165, 1.54) is 4.90 Å². The number of amides is 2. The van der Waals surface area contributed by atoms with Crippen LogP contribution in [0.5, 0.6) is 5.75 Å². The molecule has 2 amide bonds. The van der Waals surface area contributed by atoms with Crippen molar-refractivity contribution >= 4 is 29.3 Å². The molecule has 1 N–H and O–H groups in total. The van der Waals surface area contributed by atoms with Crippen LogP contribution in [-0.2, 0) is 19.1 Å². The van der Waals surface area contributed by atoms with Crippen LogP contribution in [-0.4, -0.2) is 36.1 Å². The number of rotatable bonds is 6. The first-order valence-corrected chi connectivity index (χ1v) is 9.52. The summed E-state index contributed by atoms with van der Waals surface area (Å²) in [5.74, 6) is -0.500. The lowest BCUT2D eigenvalue weighted by atomic mass is 10.1. The van der Waals surface area contributed by atoms with Crippen molar-refractivity contribution in [2.45, 2.75) is 13.0 Å². The largest absolute Gasteiger partial charge is 0.482 e. The molecule has 0 fully saturated rings. The Hall–Kier alpha value is -4.14. The topological polar surface area (TPSA) is 111 Å². The molecule has 9 nitrogen and oxygen atoms in total. The number of para-hydroxylation sites is 2. The highest BCUT2D eigenvalue weighted by atomic mass is 16.5. The number of carbonyl (C=O) groups excluding carboxylic acids is 3. The molecule has 0 radical (unpaired) electrons. The maximum Gasteiger partial charge on any atom is 0.327 e. The van der Waals surface area contributed by atoms with Crippen molar-refractivity contribution in [1.29, 1.82) is 0 Å². The molecule has 0 aliphatic carbocycles. The fourth-order valence-electron chi connectivity index (χ4n) is 3.14. The van der Waals surface area contributed by atoms with Gasteiger partial charge in [-0.15, -0.1) is 0 Å². The molecule has 0 bridgehead atoms. The van der Waals surface area contributed by atoms with Crippen LogP contribution in [0.2, 0.25) is 0 Å². The lowest BCUT2D eigenvalue weighted by Crippen LogP contribution is -2.43. The zero-order valence-corrected chi connectivity index (χ0v) is 16.6. The van der Waals surface area contributed by atoms with E-state index in [0.717, 1.165) is 0 Å². The van der Waals surface area contributed by atoms with Crippen LogP contribution in [0.1, 0.15) is 17.4 Å². The SMILES string of the molecule is Cc1cc(NC(=O)C(OC(=O)CN2C(=O)COc3ccccc32)c2ccccc2)no1. The van der Waals surface area contributed by atoms with Crippen molar-refractivity contribution in [1.82, 2.24) is 5.16 Å². The van der Waals surface area contributed by atoms with Gasteiger partial charge in [0.2, 0.25) is 6.10 Å². The highest BCUT2D eigenvalue weighted by Gasteiger charge is 2.31. The number of anilines is 2. The minimum absolute atomic E-state index is 0.182. The Kier molecular flexibility index (Phi) is 5.65. The van der Waals surface area contributed by atoms with Gasteiger partial charge in [0.25, 0.3) is 11.8 Å². The second kappa shape index (κ2) is 8.70. The molecule has 31 heavy (non-hydrogen) atoms. The van der Waals surface area contributed by atoms with Crippen molar-refractivity contribution in [3.8, 4) is 5.75 Å². The highest BCUT2D eigenvalue weighted by Crippen LogP contribution is 2.31. The van der Waals surface area contributed by atoms with Gasteiger partial charge in [0.05, 0.1) is 5.69 Å². The monoisotopic (exact) mass is 421 g/mol. The first-order chi connectivity index (χ1) is 15.0. The van der Waals surface area contributed by atoms with E-state index < -0.39 is 18.0 Å². The summed E-state index contributed by atoms with van der Waals surface area (Å²) in [6.07, 6.45) is -1.24. The fraction of sp³-hybridized carbons (Fsp3) is 0.182. The van der Waals surface area contributed by atoms with E-state index in [1.54, 1.807) is 67.6 Å². The first kappa shape index (κ1) is 20.1. The summed E-state index contributed by atoms with van der Waals surface area (Å²) in [7, 11) is 0. The lowest BCUT2D eigenvalue weighted by Gasteiger charge is -2.29. The zero-order chi connectivity index (χ0) is 21.8. The van der Waals surface area contributed by atoms with Gasteiger partial charge in [-0.3, -0.25) is 19.3 Å². The number of hydrogen-bond donors (Lipinski definition) is 1. The summed E-state index contributed by atoms with van der Waals surface area (Å²) in [5.41, 5.74) is 0.941. The smallest absolute Gasteiger partial charge is 0.327 e. The molecule has 9 heteroatoms. The van der Waals surface area contributed by atoms with Crippen LogP contribution in [0.25, 0.3) is 0 Å². The normalized spacial score (nSPS) is 13.7. The number of esters is 1.